The van der Waals surface area contributed by atoms with Crippen molar-refractivity contribution in [3.05, 3.63) is 41.2 Å². The molecule has 0 radical (unpaired) electrons. The fourth-order valence-corrected chi connectivity index (χ4v) is 1.66. The number of hydrogen-bond donors (Lipinski definition) is 1. The van der Waals surface area contributed by atoms with Crippen molar-refractivity contribution >= 4 is 11.6 Å². The Kier molecular flexibility index (Phi) is 3.68. The van der Waals surface area contributed by atoms with Crippen LogP contribution in [0.2, 0.25) is 5.02 Å². The van der Waals surface area contributed by atoms with E-state index < -0.39 is 0 Å². The zero-order chi connectivity index (χ0) is 13.2. The zero-order valence-electron chi connectivity index (χ0n) is 10.8. The number of nitrogens with zero attached hydrogens (tertiary/aromatic N) is 3. The Morgan fingerprint density at radius 2 is 1.89 bits per heavy atom. The normalized spacial score (nSPS) is 11.8. The molecule has 0 unspecified atom stereocenters. The second kappa shape index (κ2) is 5.08. The second-order valence-electron chi connectivity index (χ2n) is 5.22. The van der Waals surface area contributed by atoms with Gasteiger partial charge in [0, 0.05) is 17.1 Å². The van der Waals surface area contributed by atoms with Gasteiger partial charge in [-0.25, -0.2) is 4.68 Å². The van der Waals surface area contributed by atoms with Gasteiger partial charge in [-0.05, 0) is 45.0 Å². The van der Waals surface area contributed by atoms with E-state index in [1.54, 1.807) is 6.20 Å². The summed E-state index contributed by atoms with van der Waals surface area (Å²) in [6.07, 6.45) is 1.77. The van der Waals surface area contributed by atoms with E-state index in [1.165, 1.54) is 0 Å². The minimum Gasteiger partial charge on any atom is -0.306 e. The zero-order valence-corrected chi connectivity index (χ0v) is 11.6. The Balaban J connectivity index is 2.20. The van der Waals surface area contributed by atoms with Crippen LogP contribution in [0.4, 0.5) is 0 Å². The molecule has 0 aliphatic rings. The molecular formula is C13H17ClN4. The summed E-state index contributed by atoms with van der Waals surface area (Å²) in [4.78, 5) is 0. The van der Waals surface area contributed by atoms with Crippen molar-refractivity contribution in [3.63, 3.8) is 0 Å². The van der Waals surface area contributed by atoms with Crippen molar-refractivity contribution in [1.29, 1.82) is 0 Å². The highest BCUT2D eigenvalue weighted by atomic mass is 35.5. The Hall–Kier alpha value is -1.39. The van der Waals surface area contributed by atoms with E-state index >= 15 is 0 Å². The summed E-state index contributed by atoms with van der Waals surface area (Å²) in [5, 5.41) is 12.2. The first-order valence-corrected chi connectivity index (χ1v) is 6.24. The summed E-state index contributed by atoms with van der Waals surface area (Å²) in [6.45, 7) is 7.11. The molecule has 0 saturated carbocycles. The average molecular weight is 265 g/mol. The molecule has 0 aliphatic carbocycles. The molecule has 0 aliphatic heterocycles. The lowest BCUT2D eigenvalue weighted by Crippen LogP contribution is -2.35. The van der Waals surface area contributed by atoms with Crippen LogP contribution in [0, 0.1) is 0 Å². The molecule has 0 fully saturated rings. The van der Waals surface area contributed by atoms with Crippen LogP contribution in [-0.2, 0) is 6.54 Å². The molecule has 1 N–H and O–H groups in total. The molecule has 2 aromatic rings. The first-order chi connectivity index (χ1) is 8.46. The molecule has 96 valence electrons. The smallest absolute Gasteiger partial charge is 0.0783 e. The third kappa shape index (κ3) is 3.31. The standard InChI is InChI=1S/C13H17ClN4/c1-13(2,3)15-8-12-9-16-17-18(12)11-6-4-10(14)5-7-11/h4-7,9,15H,8H2,1-3H3. The number of rotatable bonds is 3. The quantitative estimate of drug-likeness (QED) is 0.927. The van der Waals surface area contributed by atoms with Gasteiger partial charge >= 0.3 is 0 Å². The first-order valence-electron chi connectivity index (χ1n) is 5.86. The highest BCUT2D eigenvalue weighted by Crippen LogP contribution is 2.14. The Labute approximate surface area is 112 Å². The lowest BCUT2D eigenvalue weighted by molar-refractivity contribution is 0.418. The van der Waals surface area contributed by atoms with Crippen molar-refractivity contribution in [3.8, 4) is 5.69 Å². The van der Waals surface area contributed by atoms with Crippen LogP contribution in [0.1, 0.15) is 26.5 Å². The van der Waals surface area contributed by atoms with Crippen molar-refractivity contribution in [2.75, 3.05) is 0 Å². The third-order valence-electron chi connectivity index (χ3n) is 2.49. The molecule has 0 atom stereocenters. The molecule has 0 bridgehead atoms. The van der Waals surface area contributed by atoms with E-state index in [-0.39, 0.29) is 5.54 Å². The van der Waals surface area contributed by atoms with Gasteiger partial charge < -0.3 is 5.32 Å². The monoisotopic (exact) mass is 264 g/mol. The van der Waals surface area contributed by atoms with Crippen LogP contribution in [0.25, 0.3) is 5.69 Å². The van der Waals surface area contributed by atoms with Crippen LogP contribution in [-0.4, -0.2) is 20.5 Å². The van der Waals surface area contributed by atoms with Crippen molar-refractivity contribution in [2.45, 2.75) is 32.9 Å². The predicted octanol–water partition coefficient (Wildman–Crippen LogP) is 2.81. The molecule has 1 aromatic carbocycles. The Bertz CT molecular complexity index is 511. The van der Waals surface area contributed by atoms with Gasteiger partial charge in [-0.2, -0.15) is 0 Å². The molecule has 2 rings (SSSR count). The molecule has 4 nitrogen and oxygen atoms in total. The number of nitrogens with one attached hydrogen (secondary N) is 1. The van der Waals surface area contributed by atoms with Crippen molar-refractivity contribution in [1.82, 2.24) is 20.3 Å². The fraction of sp³-hybridized carbons (Fsp3) is 0.385. The maximum Gasteiger partial charge on any atom is 0.0783 e. The van der Waals surface area contributed by atoms with E-state index in [0.717, 1.165) is 17.9 Å². The molecule has 1 aromatic heterocycles. The first kappa shape index (κ1) is 13.1. The second-order valence-corrected chi connectivity index (χ2v) is 5.65. The maximum atomic E-state index is 5.88. The molecule has 0 amide bonds. The molecule has 0 spiro atoms. The fourth-order valence-electron chi connectivity index (χ4n) is 1.53. The van der Waals surface area contributed by atoms with Crippen LogP contribution < -0.4 is 5.32 Å². The summed E-state index contributed by atoms with van der Waals surface area (Å²) in [6, 6.07) is 7.55. The van der Waals surface area contributed by atoms with E-state index in [1.807, 2.05) is 28.9 Å². The van der Waals surface area contributed by atoms with Gasteiger partial charge in [-0.15, -0.1) is 5.10 Å². The molecule has 18 heavy (non-hydrogen) atoms. The van der Waals surface area contributed by atoms with E-state index in [2.05, 4.69) is 36.4 Å². The molecule has 5 heteroatoms. The van der Waals surface area contributed by atoms with Gasteiger partial charge in [-0.3, -0.25) is 0 Å². The SMILES string of the molecule is CC(C)(C)NCc1cnnn1-c1ccc(Cl)cc1. The average Bonchev–Trinajstić information content (AvgIpc) is 2.75. The highest BCUT2D eigenvalue weighted by molar-refractivity contribution is 6.30. The molecular weight excluding hydrogens is 248 g/mol. The van der Waals surface area contributed by atoms with Gasteiger partial charge in [0.1, 0.15) is 0 Å². The third-order valence-corrected chi connectivity index (χ3v) is 2.74. The van der Waals surface area contributed by atoms with Gasteiger partial charge in [0.15, 0.2) is 0 Å². The predicted molar refractivity (Wildman–Crippen MR) is 73.0 cm³/mol. The Morgan fingerprint density at radius 1 is 1.22 bits per heavy atom. The molecule has 1 heterocycles. The van der Waals surface area contributed by atoms with Gasteiger partial charge in [0.2, 0.25) is 0 Å². The number of halogens is 1. The highest BCUT2D eigenvalue weighted by Gasteiger charge is 2.12. The van der Waals surface area contributed by atoms with E-state index in [0.29, 0.717) is 5.02 Å². The maximum absolute atomic E-state index is 5.88. The minimum atomic E-state index is 0.0646. The molecule has 0 saturated heterocycles. The van der Waals surface area contributed by atoms with Crippen LogP contribution in [0.5, 0.6) is 0 Å². The summed E-state index contributed by atoms with van der Waals surface area (Å²) >= 11 is 5.88. The number of aromatic nitrogens is 3. The van der Waals surface area contributed by atoms with E-state index in [9.17, 15) is 0 Å². The van der Waals surface area contributed by atoms with Gasteiger partial charge in [0.25, 0.3) is 0 Å². The summed E-state index contributed by atoms with van der Waals surface area (Å²) in [5.74, 6) is 0. The van der Waals surface area contributed by atoms with Crippen LogP contribution >= 0.6 is 11.6 Å². The number of hydrogen-bond acceptors (Lipinski definition) is 3. The topological polar surface area (TPSA) is 42.7 Å². The van der Waals surface area contributed by atoms with Crippen molar-refractivity contribution in [2.24, 2.45) is 0 Å². The summed E-state index contributed by atoms with van der Waals surface area (Å²) < 4.78 is 1.81. The lowest BCUT2D eigenvalue weighted by atomic mass is 10.1. The summed E-state index contributed by atoms with van der Waals surface area (Å²) in [5.41, 5.74) is 2.05. The van der Waals surface area contributed by atoms with Crippen LogP contribution in [0.3, 0.4) is 0 Å². The van der Waals surface area contributed by atoms with E-state index in [4.69, 9.17) is 11.6 Å². The summed E-state index contributed by atoms with van der Waals surface area (Å²) in [7, 11) is 0. The van der Waals surface area contributed by atoms with Gasteiger partial charge in [-0.1, -0.05) is 16.8 Å². The minimum absolute atomic E-state index is 0.0646. The lowest BCUT2D eigenvalue weighted by Gasteiger charge is -2.20. The Morgan fingerprint density at radius 3 is 2.50 bits per heavy atom. The van der Waals surface area contributed by atoms with Crippen LogP contribution in [0.15, 0.2) is 30.5 Å². The van der Waals surface area contributed by atoms with Crippen molar-refractivity contribution < 1.29 is 0 Å². The number of benzene rings is 1. The largest absolute Gasteiger partial charge is 0.306 e. The van der Waals surface area contributed by atoms with Gasteiger partial charge in [0.05, 0.1) is 17.6 Å².